The van der Waals surface area contributed by atoms with Gasteiger partial charge in [0.25, 0.3) is 0 Å². The lowest BCUT2D eigenvalue weighted by molar-refractivity contribution is 0.373. The topological polar surface area (TPSA) is 15.3 Å². The van der Waals surface area contributed by atoms with E-state index in [2.05, 4.69) is 24.3 Å². The molecule has 0 spiro atoms. The van der Waals surface area contributed by atoms with Crippen LogP contribution >= 0.6 is 0 Å². The van der Waals surface area contributed by atoms with Crippen molar-refractivity contribution in [3.63, 3.8) is 0 Å². The zero-order valence-electron chi connectivity index (χ0n) is 14.1. The average Bonchev–Trinajstić information content (AvgIpc) is 2.40. The predicted molar refractivity (Wildman–Crippen MR) is 90.4 cm³/mol. The largest absolute Gasteiger partial charge is 0.314 e. The first-order valence-corrected chi connectivity index (χ1v) is 9.17. The molecule has 0 heterocycles. The molecule has 1 aliphatic rings. The minimum absolute atomic E-state index is 0.800. The van der Waals surface area contributed by atoms with Crippen LogP contribution in [0.25, 0.3) is 0 Å². The van der Waals surface area contributed by atoms with Gasteiger partial charge in [0.05, 0.1) is 0 Å². The highest BCUT2D eigenvalue weighted by atomic mass is 15.0. The highest BCUT2D eigenvalue weighted by molar-refractivity contribution is 4.68. The molecule has 0 aromatic heterocycles. The highest BCUT2D eigenvalue weighted by Gasteiger charge is 2.08. The van der Waals surface area contributed by atoms with Gasteiger partial charge in [-0.2, -0.15) is 0 Å². The second kappa shape index (κ2) is 12.6. The fourth-order valence-electron chi connectivity index (χ4n) is 3.23. The Labute approximate surface area is 127 Å². The maximum Gasteiger partial charge on any atom is 0.00670 e. The molecule has 1 fully saturated rings. The molecule has 1 N–H and O–H groups in total. The lowest BCUT2D eigenvalue weighted by Gasteiger charge is -2.20. The Morgan fingerprint density at radius 2 is 1.25 bits per heavy atom. The molecule has 0 radical (unpaired) electrons. The first-order valence-electron chi connectivity index (χ1n) is 9.17. The third-order valence-corrected chi connectivity index (χ3v) is 4.57. The lowest BCUT2D eigenvalue weighted by Crippen LogP contribution is -2.30. The normalized spacial score (nSPS) is 20.6. The smallest absolute Gasteiger partial charge is 0.00670 e. The van der Waals surface area contributed by atoms with Crippen molar-refractivity contribution in [2.75, 3.05) is 27.2 Å². The van der Waals surface area contributed by atoms with Gasteiger partial charge >= 0.3 is 0 Å². The van der Waals surface area contributed by atoms with Crippen molar-refractivity contribution >= 4 is 0 Å². The number of unbranched alkanes of at least 4 members (excludes halogenated alkanes) is 1. The Morgan fingerprint density at radius 1 is 0.750 bits per heavy atom. The Morgan fingerprint density at radius 3 is 1.75 bits per heavy atom. The van der Waals surface area contributed by atoms with E-state index in [1.807, 2.05) is 0 Å². The molecule has 20 heavy (non-hydrogen) atoms. The van der Waals surface area contributed by atoms with E-state index >= 15 is 0 Å². The zero-order valence-corrected chi connectivity index (χ0v) is 14.1. The maximum atomic E-state index is 3.83. The molecule has 2 nitrogen and oxygen atoms in total. The Hall–Kier alpha value is -0.0800. The third-order valence-electron chi connectivity index (χ3n) is 4.57. The van der Waals surface area contributed by atoms with Crippen molar-refractivity contribution in [2.45, 2.75) is 89.5 Å². The molecule has 0 aromatic rings. The van der Waals surface area contributed by atoms with Crippen LogP contribution in [0.3, 0.4) is 0 Å². The average molecular weight is 283 g/mol. The SMILES string of the molecule is CN(C)CCCCNC1CCCCCCCCCCC1. The van der Waals surface area contributed by atoms with Crippen LogP contribution in [-0.4, -0.2) is 38.1 Å². The Bertz CT molecular complexity index is 192. The molecule has 0 aliphatic heterocycles. The molecule has 1 saturated carbocycles. The lowest BCUT2D eigenvalue weighted by atomic mass is 9.98. The quantitative estimate of drug-likeness (QED) is 0.717. The van der Waals surface area contributed by atoms with Crippen LogP contribution in [0.1, 0.15) is 83.5 Å². The number of nitrogens with zero attached hydrogens (tertiary/aromatic N) is 1. The van der Waals surface area contributed by atoms with Gasteiger partial charge in [0.1, 0.15) is 0 Å². The molecule has 0 unspecified atom stereocenters. The van der Waals surface area contributed by atoms with Crippen molar-refractivity contribution in [1.82, 2.24) is 10.2 Å². The molecule has 0 bridgehead atoms. The van der Waals surface area contributed by atoms with E-state index < -0.39 is 0 Å². The molecule has 0 amide bonds. The fourth-order valence-corrected chi connectivity index (χ4v) is 3.23. The number of nitrogens with one attached hydrogen (secondary N) is 1. The zero-order chi connectivity index (χ0) is 14.5. The maximum absolute atomic E-state index is 3.83. The highest BCUT2D eigenvalue weighted by Crippen LogP contribution is 2.16. The first kappa shape index (κ1) is 18.0. The molecular formula is C18H38N2. The summed E-state index contributed by atoms with van der Waals surface area (Å²) in [5.74, 6) is 0. The molecule has 0 atom stereocenters. The number of hydrogen-bond donors (Lipinski definition) is 1. The summed E-state index contributed by atoms with van der Waals surface area (Å²) in [5, 5.41) is 3.83. The summed E-state index contributed by atoms with van der Waals surface area (Å²) in [7, 11) is 4.33. The fraction of sp³-hybridized carbons (Fsp3) is 1.00. The number of hydrogen-bond acceptors (Lipinski definition) is 2. The van der Waals surface area contributed by atoms with Crippen LogP contribution in [0.5, 0.6) is 0 Å². The van der Waals surface area contributed by atoms with E-state index in [0.717, 1.165) is 6.04 Å². The van der Waals surface area contributed by atoms with Crippen LogP contribution in [0.4, 0.5) is 0 Å². The third kappa shape index (κ3) is 10.7. The van der Waals surface area contributed by atoms with Gasteiger partial charge < -0.3 is 10.2 Å². The minimum atomic E-state index is 0.800. The first-order chi connectivity index (χ1) is 9.79. The summed E-state index contributed by atoms with van der Waals surface area (Å²) in [5.41, 5.74) is 0. The molecule has 1 rings (SSSR count). The van der Waals surface area contributed by atoms with Crippen LogP contribution in [0.15, 0.2) is 0 Å². The second-order valence-electron chi connectivity index (χ2n) is 6.92. The summed E-state index contributed by atoms with van der Waals surface area (Å²) >= 11 is 0. The molecular weight excluding hydrogens is 244 g/mol. The van der Waals surface area contributed by atoms with Gasteiger partial charge in [-0.05, 0) is 52.9 Å². The monoisotopic (exact) mass is 282 g/mol. The van der Waals surface area contributed by atoms with E-state index in [9.17, 15) is 0 Å². The second-order valence-corrected chi connectivity index (χ2v) is 6.92. The molecule has 0 aromatic carbocycles. The van der Waals surface area contributed by atoms with Crippen molar-refractivity contribution in [2.24, 2.45) is 0 Å². The molecule has 120 valence electrons. The van der Waals surface area contributed by atoms with E-state index in [4.69, 9.17) is 0 Å². The predicted octanol–water partition coefficient (Wildman–Crippen LogP) is 4.59. The van der Waals surface area contributed by atoms with Gasteiger partial charge in [0.2, 0.25) is 0 Å². The summed E-state index contributed by atoms with van der Waals surface area (Å²) in [6.45, 7) is 2.45. The van der Waals surface area contributed by atoms with Gasteiger partial charge in [-0.3, -0.25) is 0 Å². The van der Waals surface area contributed by atoms with Crippen molar-refractivity contribution < 1.29 is 0 Å². The van der Waals surface area contributed by atoms with Gasteiger partial charge in [-0.25, -0.2) is 0 Å². The van der Waals surface area contributed by atoms with Gasteiger partial charge in [0, 0.05) is 6.04 Å². The summed E-state index contributed by atoms with van der Waals surface area (Å²) in [6.07, 6.45) is 18.6. The molecule has 2 heteroatoms. The standard InChI is InChI=1S/C18H38N2/c1-20(2)17-13-12-16-19-18-14-10-8-6-4-3-5-7-9-11-15-18/h18-19H,3-17H2,1-2H3. The molecule has 1 aliphatic carbocycles. The van der Waals surface area contributed by atoms with E-state index in [1.54, 1.807) is 0 Å². The Kier molecular flexibility index (Phi) is 11.4. The molecule has 0 saturated heterocycles. The minimum Gasteiger partial charge on any atom is -0.314 e. The summed E-state index contributed by atoms with van der Waals surface area (Å²) in [6, 6.07) is 0.800. The van der Waals surface area contributed by atoms with E-state index in [0.29, 0.717) is 0 Å². The van der Waals surface area contributed by atoms with E-state index in [1.165, 1.54) is 96.6 Å². The summed E-state index contributed by atoms with van der Waals surface area (Å²) < 4.78 is 0. The van der Waals surface area contributed by atoms with Crippen LogP contribution in [-0.2, 0) is 0 Å². The van der Waals surface area contributed by atoms with Crippen LogP contribution in [0.2, 0.25) is 0 Å². The number of rotatable bonds is 6. The van der Waals surface area contributed by atoms with Gasteiger partial charge in [-0.1, -0.05) is 57.8 Å². The van der Waals surface area contributed by atoms with Crippen molar-refractivity contribution in [1.29, 1.82) is 0 Å². The van der Waals surface area contributed by atoms with Gasteiger partial charge in [-0.15, -0.1) is 0 Å². The summed E-state index contributed by atoms with van der Waals surface area (Å²) in [4.78, 5) is 2.29. The van der Waals surface area contributed by atoms with Gasteiger partial charge in [0.15, 0.2) is 0 Å². The van der Waals surface area contributed by atoms with Crippen molar-refractivity contribution in [3.05, 3.63) is 0 Å². The van der Waals surface area contributed by atoms with Crippen LogP contribution < -0.4 is 5.32 Å². The van der Waals surface area contributed by atoms with Crippen LogP contribution in [0, 0.1) is 0 Å². The Balaban J connectivity index is 2.11. The van der Waals surface area contributed by atoms with Crippen molar-refractivity contribution in [3.8, 4) is 0 Å². The van der Waals surface area contributed by atoms with E-state index in [-0.39, 0.29) is 0 Å².